The van der Waals surface area contributed by atoms with Crippen LogP contribution in [0.4, 0.5) is 0 Å². The van der Waals surface area contributed by atoms with Crippen molar-refractivity contribution in [2.24, 2.45) is 0 Å². The Hall–Kier alpha value is -1.99. The summed E-state index contributed by atoms with van der Waals surface area (Å²) in [4.78, 5) is 12.9. The fourth-order valence-corrected chi connectivity index (χ4v) is 3.18. The number of hydrogen-bond donors (Lipinski definition) is 1. The Bertz CT molecular complexity index is 854. The molecule has 6 nitrogen and oxygen atoms in total. The van der Waals surface area contributed by atoms with Crippen molar-refractivity contribution in [1.82, 2.24) is 25.1 Å². The van der Waals surface area contributed by atoms with Gasteiger partial charge >= 0.3 is 0 Å². The molecule has 8 heteroatoms. The van der Waals surface area contributed by atoms with E-state index in [0.717, 1.165) is 24.2 Å². The molecule has 1 amide bonds. The van der Waals surface area contributed by atoms with Crippen LogP contribution in [-0.2, 0) is 6.54 Å². The predicted octanol–water partition coefficient (Wildman–Crippen LogP) is 2.65. The van der Waals surface area contributed by atoms with Crippen LogP contribution in [0.15, 0.2) is 24.3 Å². The number of halogens is 1. The number of carbonyl (C=O) groups excluding carboxylic acids is 1. The molecule has 4 rings (SSSR count). The van der Waals surface area contributed by atoms with Crippen molar-refractivity contribution in [2.45, 2.75) is 25.3 Å². The van der Waals surface area contributed by atoms with Gasteiger partial charge in [-0.05, 0) is 24.5 Å². The lowest BCUT2D eigenvalue weighted by molar-refractivity contribution is 0.0949. The molecule has 0 saturated heterocycles. The zero-order valence-corrected chi connectivity index (χ0v) is 13.1. The maximum absolute atomic E-state index is 12.2. The molecule has 3 aromatic rings. The van der Waals surface area contributed by atoms with E-state index in [4.69, 9.17) is 11.6 Å². The van der Waals surface area contributed by atoms with Crippen molar-refractivity contribution >= 4 is 33.8 Å². The Morgan fingerprint density at radius 2 is 2.18 bits per heavy atom. The molecule has 0 spiro atoms. The van der Waals surface area contributed by atoms with Crippen LogP contribution < -0.4 is 5.32 Å². The average Bonchev–Trinajstić information content (AvgIpc) is 3.14. The summed E-state index contributed by atoms with van der Waals surface area (Å²) in [6.45, 7) is 0.369. The maximum atomic E-state index is 12.2. The SMILES string of the molecule is O=C(NCc1ccccc1Cl)c1nn2c(C3CC3)nnc2s1. The Balaban J connectivity index is 1.51. The molecule has 112 valence electrons. The molecule has 2 aromatic heterocycles. The molecule has 1 saturated carbocycles. The highest BCUT2D eigenvalue weighted by Gasteiger charge is 2.30. The molecule has 1 aliphatic rings. The van der Waals surface area contributed by atoms with Gasteiger partial charge in [-0.3, -0.25) is 4.79 Å². The second kappa shape index (κ2) is 5.33. The van der Waals surface area contributed by atoms with Gasteiger partial charge in [0.05, 0.1) is 0 Å². The molecule has 0 bridgehead atoms. The minimum absolute atomic E-state index is 0.225. The van der Waals surface area contributed by atoms with Gasteiger partial charge in [-0.1, -0.05) is 41.1 Å². The number of carbonyl (C=O) groups is 1. The van der Waals surface area contributed by atoms with Gasteiger partial charge in [0.2, 0.25) is 9.97 Å². The van der Waals surface area contributed by atoms with E-state index in [2.05, 4.69) is 20.6 Å². The van der Waals surface area contributed by atoms with E-state index in [1.807, 2.05) is 18.2 Å². The topological polar surface area (TPSA) is 72.2 Å². The minimum Gasteiger partial charge on any atom is -0.346 e. The summed E-state index contributed by atoms with van der Waals surface area (Å²) in [5, 5.41) is 16.4. The largest absolute Gasteiger partial charge is 0.346 e. The normalized spacial score (nSPS) is 14.4. The lowest BCUT2D eigenvalue weighted by Crippen LogP contribution is -2.23. The first-order valence-corrected chi connectivity index (χ1v) is 8.15. The second-order valence-electron chi connectivity index (χ2n) is 5.21. The fraction of sp³-hybridized carbons (Fsp3) is 0.286. The summed E-state index contributed by atoms with van der Waals surface area (Å²) in [5.74, 6) is 1.07. The van der Waals surface area contributed by atoms with Crippen molar-refractivity contribution in [3.05, 3.63) is 45.7 Å². The predicted molar refractivity (Wildman–Crippen MR) is 83.3 cm³/mol. The highest BCUT2D eigenvalue weighted by Crippen LogP contribution is 2.39. The molecular weight excluding hydrogens is 322 g/mol. The number of rotatable bonds is 4. The van der Waals surface area contributed by atoms with Gasteiger partial charge in [0, 0.05) is 17.5 Å². The molecule has 1 fully saturated rings. The Kier molecular flexibility index (Phi) is 3.31. The standard InChI is InChI=1S/C14H12ClN5OS/c15-10-4-2-1-3-9(10)7-16-12(21)13-19-20-11(8-5-6-8)17-18-14(20)22-13/h1-4,8H,5-7H2,(H,16,21). The van der Waals surface area contributed by atoms with Gasteiger partial charge in [-0.25, -0.2) is 0 Å². The lowest BCUT2D eigenvalue weighted by Gasteiger charge is -2.04. The second-order valence-corrected chi connectivity index (χ2v) is 6.57. The highest BCUT2D eigenvalue weighted by molar-refractivity contribution is 7.18. The summed E-state index contributed by atoms with van der Waals surface area (Å²) in [5.41, 5.74) is 0.874. The molecular formula is C14H12ClN5OS. The van der Waals surface area contributed by atoms with Crippen LogP contribution in [0.2, 0.25) is 5.02 Å². The van der Waals surface area contributed by atoms with Crippen LogP contribution in [0.1, 0.15) is 39.9 Å². The molecule has 0 atom stereocenters. The molecule has 1 aromatic carbocycles. The van der Waals surface area contributed by atoms with Crippen LogP contribution in [0, 0.1) is 0 Å². The molecule has 0 radical (unpaired) electrons. The lowest BCUT2D eigenvalue weighted by atomic mass is 10.2. The van der Waals surface area contributed by atoms with E-state index < -0.39 is 0 Å². The summed E-state index contributed by atoms with van der Waals surface area (Å²) >= 11 is 7.32. The third kappa shape index (κ3) is 2.46. The number of amides is 1. The van der Waals surface area contributed by atoms with Crippen LogP contribution in [0.5, 0.6) is 0 Å². The number of aromatic nitrogens is 4. The van der Waals surface area contributed by atoms with Crippen molar-refractivity contribution < 1.29 is 4.79 Å². The summed E-state index contributed by atoms with van der Waals surface area (Å²) in [6.07, 6.45) is 2.23. The Labute approximate surface area is 135 Å². The molecule has 1 N–H and O–H groups in total. The van der Waals surface area contributed by atoms with Gasteiger partial charge in [-0.2, -0.15) is 4.52 Å². The first kappa shape index (κ1) is 13.7. The van der Waals surface area contributed by atoms with Gasteiger partial charge in [-0.15, -0.1) is 15.3 Å². The molecule has 1 aliphatic carbocycles. The average molecular weight is 334 g/mol. The minimum atomic E-state index is -0.225. The third-order valence-electron chi connectivity index (χ3n) is 3.55. The number of hydrogen-bond acceptors (Lipinski definition) is 5. The molecule has 0 aliphatic heterocycles. The van der Waals surface area contributed by atoms with E-state index in [1.165, 1.54) is 11.3 Å². The fourth-order valence-electron chi connectivity index (χ4n) is 2.21. The quantitative estimate of drug-likeness (QED) is 0.796. The number of benzene rings is 1. The zero-order chi connectivity index (χ0) is 15.1. The van der Waals surface area contributed by atoms with Gasteiger partial charge in [0.15, 0.2) is 5.82 Å². The van der Waals surface area contributed by atoms with E-state index in [9.17, 15) is 4.79 Å². The van der Waals surface area contributed by atoms with Crippen LogP contribution in [0.25, 0.3) is 4.96 Å². The Morgan fingerprint density at radius 3 is 2.95 bits per heavy atom. The maximum Gasteiger partial charge on any atom is 0.282 e. The van der Waals surface area contributed by atoms with Gasteiger partial charge < -0.3 is 5.32 Å². The first-order chi connectivity index (χ1) is 10.7. The monoisotopic (exact) mass is 333 g/mol. The number of nitrogens with one attached hydrogen (secondary N) is 1. The van der Waals surface area contributed by atoms with E-state index in [1.54, 1.807) is 10.6 Å². The van der Waals surface area contributed by atoms with Crippen LogP contribution >= 0.6 is 22.9 Å². The molecule has 2 heterocycles. The van der Waals surface area contributed by atoms with Crippen LogP contribution in [-0.4, -0.2) is 25.7 Å². The smallest absolute Gasteiger partial charge is 0.282 e. The first-order valence-electron chi connectivity index (χ1n) is 6.96. The summed E-state index contributed by atoms with van der Waals surface area (Å²) < 4.78 is 1.69. The summed E-state index contributed by atoms with van der Waals surface area (Å²) in [7, 11) is 0. The van der Waals surface area contributed by atoms with E-state index >= 15 is 0 Å². The zero-order valence-electron chi connectivity index (χ0n) is 11.5. The van der Waals surface area contributed by atoms with Gasteiger partial charge in [0.1, 0.15) is 0 Å². The van der Waals surface area contributed by atoms with Crippen LogP contribution in [0.3, 0.4) is 0 Å². The van der Waals surface area contributed by atoms with Crippen molar-refractivity contribution in [2.75, 3.05) is 0 Å². The molecule has 22 heavy (non-hydrogen) atoms. The van der Waals surface area contributed by atoms with E-state index in [-0.39, 0.29) is 5.91 Å². The Morgan fingerprint density at radius 1 is 1.36 bits per heavy atom. The van der Waals surface area contributed by atoms with Crippen molar-refractivity contribution in [3.8, 4) is 0 Å². The van der Waals surface area contributed by atoms with Crippen molar-refractivity contribution in [3.63, 3.8) is 0 Å². The highest BCUT2D eigenvalue weighted by atomic mass is 35.5. The summed E-state index contributed by atoms with van der Waals surface area (Å²) in [6, 6.07) is 7.43. The number of fused-ring (bicyclic) bond motifs is 1. The molecule has 0 unspecified atom stereocenters. The number of nitrogens with zero attached hydrogens (tertiary/aromatic N) is 4. The van der Waals surface area contributed by atoms with Crippen molar-refractivity contribution in [1.29, 1.82) is 0 Å². The van der Waals surface area contributed by atoms with Gasteiger partial charge in [0.25, 0.3) is 5.91 Å². The van der Waals surface area contributed by atoms with E-state index in [0.29, 0.717) is 27.5 Å². The third-order valence-corrected chi connectivity index (χ3v) is 4.82.